The Bertz CT molecular complexity index is 2050. The van der Waals surface area contributed by atoms with Crippen molar-refractivity contribution in [1.29, 1.82) is 0 Å². The average Bonchev–Trinajstić information content (AvgIpc) is 3.33. The standard InChI is InChI=1S/C36H32N2O4S2/c1-22(2)42-35(40)32-23(3)37-36-38(33(32)26-14-18-29(43-4)19-15-26)34(39)31(44-36)20-24-12-16-28(17-13-24)41-21-27-10-7-9-25-8-5-6-11-30(25)27/h5-20,22,33H,21H2,1-4H3/b31-20-/t33-/m1/s1. The SMILES string of the molecule is CSc1ccc([C@@H]2C(C(=O)OC(C)C)=C(C)N=c3s/c(=C\c4ccc(OCc5cccc6ccccc56)cc4)c(=O)n32)cc1. The second-order valence-electron chi connectivity index (χ2n) is 10.8. The second kappa shape index (κ2) is 12.7. The average molecular weight is 621 g/mol. The molecule has 5 aromatic rings. The first-order chi connectivity index (χ1) is 21.3. The third kappa shape index (κ3) is 6.00. The van der Waals surface area contributed by atoms with Crippen LogP contribution >= 0.6 is 23.1 Å². The maximum absolute atomic E-state index is 13.9. The van der Waals surface area contributed by atoms with E-state index in [1.807, 2.05) is 92.9 Å². The summed E-state index contributed by atoms with van der Waals surface area (Å²) in [5.74, 6) is 0.280. The Morgan fingerprint density at radius 1 is 1.00 bits per heavy atom. The van der Waals surface area contributed by atoms with Crippen molar-refractivity contribution in [1.82, 2.24) is 4.57 Å². The predicted molar refractivity (Wildman–Crippen MR) is 178 cm³/mol. The lowest BCUT2D eigenvalue weighted by atomic mass is 9.96. The number of carbonyl (C=O) groups excluding carboxylic acids is 1. The van der Waals surface area contributed by atoms with Gasteiger partial charge < -0.3 is 9.47 Å². The molecule has 1 aliphatic heterocycles. The predicted octanol–water partition coefficient (Wildman–Crippen LogP) is 6.64. The van der Waals surface area contributed by atoms with Gasteiger partial charge in [-0.2, -0.15) is 0 Å². The number of hydrogen-bond acceptors (Lipinski definition) is 7. The fourth-order valence-corrected chi connectivity index (χ4v) is 6.81. The van der Waals surface area contributed by atoms with Crippen LogP contribution in [0.3, 0.4) is 0 Å². The van der Waals surface area contributed by atoms with Crippen LogP contribution in [0.2, 0.25) is 0 Å². The minimum absolute atomic E-state index is 0.202. The summed E-state index contributed by atoms with van der Waals surface area (Å²) >= 11 is 2.95. The van der Waals surface area contributed by atoms with Crippen molar-refractivity contribution >= 4 is 45.9 Å². The number of nitrogens with zero attached hydrogens (tertiary/aromatic N) is 2. The van der Waals surface area contributed by atoms with Crippen molar-refractivity contribution in [2.75, 3.05) is 6.26 Å². The van der Waals surface area contributed by atoms with Gasteiger partial charge in [0.25, 0.3) is 5.56 Å². The van der Waals surface area contributed by atoms with Crippen molar-refractivity contribution in [2.24, 2.45) is 4.99 Å². The van der Waals surface area contributed by atoms with Crippen LogP contribution in [0.5, 0.6) is 5.75 Å². The van der Waals surface area contributed by atoms with Gasteiger partial charge in [0.15, 0.2) is 4.80 Å². The van der Waals surface area contributed by atoms with Crippen molar-refractivity contribution in [3.05, 3.63) is 139 Å². The van der Waals surface area contributed by atoms with Gasteiger partial charge in [0, 0.05) is 4.90 Å². The van der Waals surface area contributed by atoms with E-state index in [9.17, 15) is 9.59 Å². The Labute approximate surface area is 264 Å². The molecule has 0 fully saturated rings. The summed E-state index contributed by atoms with van der Waals surface area (Å²) < 4.78 is 13.9. The van der Waals surface area contributed by atoms with E-state index >= 15 is 0 Å². The molecule has 1 aliphatic rings. The molecule has 0 saturated heterocycles. The fourth-order valence-electron chi connectivity index (χ4n) is 5.35. The number of benzene rings is 4. The first-order valence-electron chi connectivity index (χ1n) is 14.4. The number of allylic oxidation sites excluding steroid dienone is 1. The van der Waals surface area contributed by atoms with Crippen LogP contribution in [0.25, 0.3) is 16.8 Å². The molecule has 1 aromatic heterocycles. The lowest BCUT2D eigenvalue weighted by Crippen LogP contribution is -2.40. The summed E-state index contributed by atoms with van der Waals surface area (Å²) in [4.78, 5) is 33.6. The van der Waals surface area contributed by atoms with E-state index in [0.29, 0.717) is 27.2 Å². The molecular weight excluding hydrogens is 589 g/mol. The largest absolute Gasteiger partial charge is 0.489 e. The number of esters is 1. The van der Waals surface area contributed by atoms with Gasteiger partial charge in [-0.3, -0.25) is 9.36 Å². The highest BCUT2D eigenvalue weighted by Gasteiger charge is 2.33. The maximum atomic E-state index is 13.9. The van der Waals surface area contributed by atoms with Crippen molar-refractivity contribution in [3.63, 3.8) is 0 Å². The fraction of sp³-hybridized carbons (Fsp3) is 0.194. The summed E-state index contributed by atoms with van der Waals surface area (Å²) in [5.41, 5.74) is 3.54. The number of rotatable bonds is 8. The Kier molecular flexibility index (Phi) is 8.55. The van der Waals surface area contributed by atoms with E-state index in [1.54, 1.807) is 23.3 Å². The zero-order chi connectivity index (χ0) is 30.8. The number of hydrogen-bond donors (Lipinski definition) is 0. The third-order valence-electron chi connectivity index (χ3n) is 7.47. The van der Waals surface area contributed by atoms with Crippen LogP contribution in [0.15, 0.2) is 117 Å². The van der Waals surface area contributed by atoms with Gasteiger partial charge in [0.05, 0.1) is 27.9 Å². The summed E-state index contributed by atoms with van der Waals surface area (Å²) in [6.45, 7) is 5.88. The molecule has 2 heterocycles. The number of fused-ring (bicyclic) bond motifs is 2. The van der Waals surface area contributed by atoms with Gasteiger partial charge in [-0.15, -0.1) is 11.8 Å². The van der Waals surface area contributed by atoms with E-state index in [0.717, 1.165) is 27.3 Å². The summed E-state index contributed by atoms with van der Waals surface area (Å²) in [5, 5.41) is 2.36. The van der Waals surface area contributed by atoms with Gasteiger partial charge in [0.1, 0.15) is 12.4 Å². The molecule has 4 aromatic carbocycles. The first kappa shape index (κ1) is 29.7. The van der Waals surface area contributed by atoms with Gasteiger partial charge >= 0.3 is 5.97 Å². The van der Waals surface area contributed by atoms with Gasteiger partial charge in [-0.25, -0.2) is 9.79 Å². The highest BCUT2D eigenvalue weighted by atomic mass is 32.2. The molecule has 0 saturated carbocycles. The number of aromatic nitrogens is 1. The van der Waals surface area contributed by atoms with Crippen LogP contribution in [0.1, 0.15) is 43.5 Å². The highest BCUT2D eigenvalue weighted by Crippen LogP contribution is 2.32. The number of thiazole rings is 1. The Hall–Kier alpha value is -4.40. The Morgan fingerprint density at radius 2 is 1.73 bits per heavy atom. The van der Waals surface area contributed by atoms with E-state index in [1.165, 1.54) is 22.1 Å². The molecule has 8 heteroatoms. The maximum Gasteiger partial charge on any atom is 0.338 e. The Balaban J connectivity index is 1.32. The highest BCUT2D eigenvalue weighted by molar-refractivity contribution is 7.98. The summed E-state index contributed by atoms with van der Waals surface area (Å²) in [6.07, 6.45) is 3.57. The number of carbonyl (C=O) groups is 1. The normalized spacial score (nSPS) is 14.9. The van der Waals surface area contributed by atoms with E-state index in [2.05, 4.69) is 24.3 Å². The van der Waals surface area contributed by atoms with E-state index in [4.69, 9.17) is 14.5 Å². The van der Waals surface area contributed by atoms with Crippen molar-refractivity contribution < 1.29 is 14.3 Å². The third-order valence-corrected chi connectivity index (χ3v) is 9.19. The molecule has 0 radical (unpaired) electrons. The van der Waals surface area contributed by atoms with Crippen molar-refractivity contribution in [2.45, 2.75) is 44.4 Å². The molecule has 0 bridgehead atoms. The lowest BCUT2D eigenvalue weighted by Gasteiger charge is -2.25. The molecule has 6 nitrogen and oxygen atoms in total. The molecule has 0 amide bonds. The zero-order valence-electron chi connectivity index (χ0n) is 24.9. The smallest absolute Gasteiger partial charge is 0.338 e. The van der Waals surface area contributed by atoms with Gasteiger partial charge in [0.2, 0.25) is 0 Å². The molecule has 0 unspecified atom stereocenters. The lowest BCUT2D eigenvalue weighted by molar-refractivity contribution is -0.143. The van der Waals surface area contributed by atoms with E-state index in [-0.39, 0.29) is 11.7 Å². The van der Waals surface area contributed by atoms with Gasteiger partial charge in [-0.1, -0.05) is 78.1 Å². The molecule has 6 rings (SSSR count). The minimum atomic E-state index is -0.639. The van der Waals surface area contributed by atoms with Crippen LogP contribution in [-0.2, 0) is 16.1 Å². The van der Waals surface area contributed by atoms with Crippen LogP contribution < -0.4 is 19.6 Å². The molecule has 0 N–H and O–H groups in total. The second-order valence-corrected chi connectivity index (χ2v) is 12.7. The molecule has 222 valence electrons. The molecule has 0 aliphatic carbocycles. The number of ether oxygens (including phenoxy) is 2. The molecule has 0 spiro atoms. The monoisotopic (exact) mass is 620 g/mol. The zero-order valence-corrected chi connectivity index (χ0v) is 26.6. The topological polar surface area (TPSA) is 69.9 Å². The quantitative estimate of drug-likeness (QED) is 0.144. The van der Waals surface area contributed by atoms with Crippen LogP contribution in [0.4, 0.5) is 0 Å². The first-order valence-corrected chi connectivity index (χ1v) is 16.4. The van der Waals surface area contributed by atoms with Crippen LogP contribution in [0, 0.1) is 0 Å². The van der Waals surface area contributed by atoms with Gasteiger partial charge in [-0.05, 0) is 84.8 Å². The van der Waals surface area contributed by atoms with Crippen molar-refractivity contribution in [3.8, 4) is 5.75 Å². The summed E-state index contributed by atoms with van der Waals surface area (Å²) in [6, 6.07) is 29.5. The van der Waals surface area contributed by atoms with E-state index < -0.39 is 12.0 Å². The van der Waals surface area contributed by atoms with Crippen LogP contribution in [-0.4, -0.2) is 22.9 Å². The summed E-state index contributed by atoms with van der Waals surface area (Å²) in [7, 11) is 0. The molecular formula is C36H32N2O4S2. The number of thioether (sulfide) groups is 1. The molecule has 44 heavy (non-hydrogen) atoms. The molecule has 1 atom stereocenters. The minimum Gasteiger partial charge on any atom is -0.489 e. The Morgan fingerprint density at radius 3 is 2.45 bits per heavy atom.